The first-order valence-electron chi connectivity index (χ1n) is 6.20. The summed E-state index contributed by atoms with van der Waals surface area (Å²) in [5, 5.41) is 17.5. The molecule has 1 aliphatic heterocycles. The second kappa shape index (κ2) is 5.27. The van der Waals surface area contributed by atoms with Gasteiger partial charge in [-0.2, -0.15) is 10.5 Å². The molecule has 1 fully saturated rings. The standard InChI is InChI=1S/C13H21N5/c1-12(2,3)13(4-7-14)5-8-18(9-6-13)11(16)17-10-15/h4-6,8-9H2,1-3H3,(H2,16,17). The molecule has 0 aromatic heterocycles. The van der Waals surface area contributed by atoms with E-state index in [4.69, 9.17) is 16.3 Å². The first kappa shape index (κ1) is 14.3. The van der Waals surface area contributed by atoms with E-state index in [1.54, 1.807) is 6.19 Å². The maximum atomic E-state index is 9.05. The highest BCUT2D eigenvalue weighted by molar-refractivity contribution is 5.79. The van der Waals surface area contributed by atoms with Crippen LogP contribution in [0.4, 0.5) is 0 Å². The fourth-order valence-corrected chi connectivity index (χ4v) is 2.63. The van der Waals surface area contributed by atoms with Crippen molar-refractivity contribution in [3.8, 4) is 12.3 Å². The van der Waals surface area contributed by atoms with Crippen LogP contribution in [-0.4, -0.2) is 23.9 Å². The van der Waals surface area contributed by atoms with Gasteiger partial charge < -0.3 is 10.6 Å². The predicted octanol–water partition coefficient (Wildman–Crippen LogP) is 1.82. The molecule has 18 heavy (non-hydrogen) atoms. The third-order valence-corrected chi connectivity index (χ3v) is 4.22. The van der Waals surface area contributed by atoms with E-state index < -0.39 is 0 Å². The number of hydrogen-bond donors (Lipinski definition) is 1. The lowest BCUT2D eigenvalue weighted by molar-refractivity contribution is 0.0279. The van der Waals surface area contributed by atoms with Crippen molar-refractivity contribution in [3.05, 3.63) is 0 Å². The van der Waals surface area contributed by atoms with Gasteiger partial charge in [0.05, 0.1) is 6.07 Å². The van der Waals surface area contributed by atoms with Gasteiger partial charge >= 0.3 is 0 Å². The predicted molar refractivity (Wildman–Crippen MR) is 70.2 cm³/mol. The molecule has 0 atom stereocenters. The summed E-state index contributed by atoms with van der Waals surface area (Å²) in [6.07, 6.45) is 4.10. The average molecular weight is 247 g/mol. The Morgan fingerprint density at radius 1 is 1.33 bits per heavy atom. The number of piperidine rings is 1. The maximum Gasteiger partial charge on any atom is 0.209 e. The number of nitrogens with two attached hydrogens (primary N) is 1. The molecule has 98 valence electrons. The summed E-state index contributed by atoms with van der Waals surface area (Å²) in [6.45, 7) is 8.08. The van der Waals surface area contributed by atoms with E-state index in [0.717, 1.165) is 25.9 Å². The van der Waals surface area contributed by atoms with Crippen LogP contribution in [0.25, 0.3) is 0 Å². The Balaban J connectivity index is 2.80. The average Bonchev–Trinajstić information content (AvgIpc) is 2.29. The van der Waals surface area contributed by atoms with Crippen LogP contribution in [0.15, 0.2) is 4.99 Å². The van der Waals surface area contributed by atoms with Gasteiger partial charge in [-0.05, 0) is 23.7 Å². The second-order valence-electron chi connectivity index (χ2n) is 5.92. The third kappa shape index (κ3) is 2.73. The van der Waals surface area contributed by atoms with Crippen LogP contribution in [0.3, 0.4) is 0 Å². The van der Waals surface area contributed by atoms with E-state index in [1.165, 1.54) is 0 Å². The minimum Gasteiger partial charge on any atom is -0.369 e. The fourth-order valence-electron chi connectivity index (χ4n) is 2.63. The molecule has 0 amide bonds. The smallest absolute Gasteiger partial charge is 0.209 e. The van der Waals surface area contributed by atoms with Crippen molar-refractivity contribution in [2.24, 2.45) is 21.6 Å². The maximum absolute atomic E-state index is 9.05. The summed E-state index contributed by atoms with van der Waals surface area (Å²) in [4.78, 5) is 5.49. The molecule has 0 aromatic rings. The zero-order valence-electron chi connectivity index (χ0n) is 11.4. The Morgan fingerprint density at radius 3 is 2.28 bits per heavy atom. The van der Waals surface area contributed by atoms with E-state index in [2.05, 4.69) is 31.8 Å². The zero-order valence-corrected chi connectivity index (χ0v) is 11.4. The van der Waals surface area contributed by atoms with Crippen LogP contribution in [0.5, 0.6) is 0 Å². The summed E-state index contributed by atoms with van der Waals surface area (Å²) in [6, 6.07) is 2.32. The van der Waals surface area contributed by atoms with Crippen molar-refractivity contribution in [2.45, 2.75) is 40.0 Å². The van der Waals surface area contributed by atoms with Crippen LogP contribution >= 0.6 is 0 Å². The van der Waals surface area contributed by atoms with Crippen LogP contribution in [0.2, 0.25) is 0 Å². The van der Waals surface area contributed by atoms with Gasteiger partial charge in [0, 0.05) is 19.5 Å². The number of guanidine groups is 1. The summed E-state index contributed by atoms with van der Waals surface area (Å²) < 4.78 is 0. The highest BCUT2D eigenvalue weighted by Crippen LogP contribution is 2.49. The van der Waals surface area contributed by atoms with Gasteiger partial charge in [-0.3, -0.25) is 0 Å². The SMILES string of the molecule is CC(C)(C)C1(CC#N)CCN(/C(N)=N/C#N)CC1. The molecule has 1 rings (SSSR count). The molecule has 1 saturated heterocycles. The van der Waals surface area contributed by atoms with E-state index in [9.17, 15) is 0 Å². The second-order valence-corrected chi connectivity index (χ2v) is 5.92. The van der Waals surface area contributed by atoms with Gasteiger partial charge in [0.25, 0.3) is 0 Å². The van der Waals surface area contributed by atoms with Crippen LogP contribution in [0, 0.1) is 33.6 Å². The Bertz CT molecular complexity index is 397. The lowest BCUT2D eigenvalue weighted by Gasteiger charge is -2.49. The quantitative estimate of drug-likeness (QED) is 0.435. The summed E-state index contributed by atoms with van der Waals surface area (Å²) >= 11 is 0. The summed E-state index contributed by atoms with van der Waals surface area (Å²) in [7, 11) is 0. The molecule has 0 aromatic carbocycles. The van der Waals surface area contributed by atoms with Crippen molar-refractivity contribution < 1.29 is 0 Å². The molecule has 1 heterocycles. The van der Waals surface area contributed by atoms with E-state index >= 15 is 0 Å². The lowest BCUT2D eigenvalue weighted by Crippen LogP contribution is -2.50. The molecule has 0 unspecified atom stereocenters. The molecule has 0 aliphatic carbocycles. The minimum absolute atomic E-state index is 0.0329. The molecule has 2 N–H and O–H groups in total. The third-order valence-electron chi connectivity index (χ3n) is 4.22. The largest absolute Gasteiger partial charge is 0.369 e. The molecule has 0 radical (unpaired) electrons. The number of nitrogens with zero attached hydrogens (tertiary/aromatic N) is 4. The van der Waals surface area contributed by atoms with Crippen molar-refractivity contribution in [1.29, 1.82) is 10.5 Å². The van der Waals surface area contributed by atoms with Crippen molar-refractivity contribution in [3.63, 3.8) is 0 Å². The zero-order chi connectivity index (χ0) is 13.8. The minimum atomic E-state index is 0.0329. The molecule has 0 bridgehead atoms. The van der Waals surface area contributed by atoms with Gasteiger partial charge in [-0.1, -0.05) is 20.8 Å². The number of aliphatic imine (C=N–C) groups is 1. The monoisotopic (exact) mass is 247 g/mol. The van der Waals surface area contributed by atoms with Gasteiger partial charge in [0.1, 0.15) is 0 Å². The Labute approximate surface area is 109 Å². The lowest BCUT2D eigenvalue weighted by atomic mass is 9.60. The van der Waals surface area contributed by atoms with E-state index in [-0.39, 0.29) is 16.8 Å². The Morgan fingerprint density at radius 2 is 1.89 bits per heavy atom. The molecule has 5 nitrogen and oxygen atoms in total. The highest BCUT2D eigenvalue weighted by Gasteiger charge is 2.44. The first-order valence-corrected chi connectivity index (χ1v) is 6.20. The normalized spacial score (nSPS) is 20.1. The molecule has 1 aliphatic rings. The van der Waals surface area contributed by atoms with Crippen molar-refractivity contribution >= 4 is 5.96 Å². The first-order chi connectivity index (χ1) is 8.36. The number of rotatable bonds is 1. The Kier molecular flexibility index (Phi) is 4.19. The Hall–Kier alpha value is -1.75. The molecular formula is C13H21N5. The summed E-state index contributed by atoms with van der Waals surface area (Å²) in [5.74, 6) is 0.289. The van der Waals surface area contributed by atoms with Crippen LogP contribution in [0.1, 0.15) is 40.0 Å². The summed E-state index contributed by atoms with van der Waals surface area (Å²) in [5.41, 5.74) is 5.85. The van der Waals surface area contributed by atoms with E-state index in [1.807, 2.05) is 4.90 Å². The van der Waals surface area contributed by atoms with Gasteiger partial charge in [0.2, 0.25) is 12.2 Å². The van der Waals surface area contributed by atoms with E-state index in [0.29, 0.717) is 6.42 Å². The van der Waals surface area contributed by atoms with Gasteiger partial charge in [-0.25, -0.2) is 0 Å². The topological polar surface area (TPSA) is 89.2 Å². The molecule has 0 spiro atoms. The van der Waals surface area contributed by atoms with Gasteiger partial charge in [-0.15, -0.1) is 4.99 Å². The molecular weight excluding hydrogens is 226 g/mol. The van der Waals surface area contributed by atoms with Crippen LogP contribution < -0.4 is 5.73 Å². The fraction of sp³-hybridized carbons (Fsp3) is 0.769. The number of hydrogen-bond acceptors (Lipinski definition) is 3. The van der Waals surface area contributed by atoms with Gasteiger partial charge in [0.15, 0.2) is 0 Å². The molecule has 0 saturated carbocycles. The number of likely N-dealkylation sites (tertiary alicyclic amines) is 1. The van der Waals surface area contributed by atoms with Crippen molar-refractivity contribution in [2.75, 3.05) is 13.1 Å². The van der Waals surface area contributed by atoms with Crippen molar-refractivity contribution in [1.82, 2.24) is 4.90 Å². The highest BCUT2D eigenvalue weighted by atomic mass is 15.3. The van der Waals surface area contributed by atoms with Crippen LogP contribution in [-0.2, 0) is 0 Å². The number of nitriles is 2. The molecule has 5 heteroatoms.